The lowest BCUT2D eigenvalue weighted by Crippen LogP contribution is -2.28. The maximum atomic E-state index is 12.0. The van der Waals surface area contributed by atoms with Gasteiger partial charge >= 0.3 is 0 Å². The first-order chi connectivity index (χ1) is 8.70. The van der Waals surface area contributed by atoms with Crippen LogP contribution in [0.3, 0.4) is 0 Å². The van der Waals surface area contributed by atoms with Gasteiger partial charge < -0.3 is 10.3 Å². The predicted octanol–water partition coefficient (Wildman–Crippen LogP) is 0.907. The van der Waals surface area contributed by atoms with Crippen molar-refractivity contribution in [2.75, 3.05) is 6.54 Å². The molecule has 18 heavy (non-hydrogen) atoms. The maximum absolute atomic E-state index is 12.0. The van der Waals surface area contributed by atoms with E-state index in [4.69, 9.17) is 0 Å². The highest BCUT2D eigenvalue weighted by Crippen LogP contribution is 2.03. The topological polar surface area (TPSA) is 75.6 Å². The molecule has 0 saturated carbocycles. The van der Waals surface area contributed by atoms with E-state index in [1.165, 1.54) is 0 Å². The van der Waals surface area contributed by atoms with Crippen molar-refractivity contribution in [3.8, 4) is 0 Å². The van der Waals surface area contributed by atoms with Crippen LogP contribution >= 0.6 is 0 Å². The molecule has 0 atom stereocenters. The van der Waals surface area contributed by atoms with E-state index in [1.54, 1.807) is 23.1 Å². The molecule has 0 bridgehead atoms. The van der Waals surface area contributed by atoms with E-state index in [9.17, 15) is 4.79 Å². The molecular weight excluding hydrogens is 230 g/mol. The minimum absolute atomic E-state index is 0.0935. The summed E-state index contributed by atoms with van der Waals surface area (Å²) in [4.78, 5) is 19.1. The smallest absolute Gasteiger partial charge is 0.269 e. The van der Waals surface area contributed by atoms with E-state index < -0.39 is 0 Å². The quantitative estimate of drug-likeness (QED) is 0.824. The molecular formula is C12H17N5O. The molecule has 0 saturated heterocycles. The Kier molecular flexibility index (Phi) is 3.76. The highest BCUT2D eigenvalue weighted by atomic mass is 16.2. The Morgan fingerprint density at radius 3 is 3.06 bits per heavy atom. The first kappa shape index (κ1) is 12.3. The van der Waals surface area contributed by atoms with Crippen LogP contribution in [0.15, 0.2) is 18.5 Å². The average Bonchev–Trinajstić information content (AvgIpc) is 2.98. The number of H-pyrrole nitrogens is 1. The fraction of sp³-hybridized carbons (Fsp3) is 0.417. The van der Waals surface area contributed by atoms with Gasteiger partial charge in [0, 0.05) is 31.9 Å². The third-order valence-corrected chi connectivity index (χ3v) is 2.64. The van der Waals surface area contributed by atoms with Crippen molar-refractivity contribution >= 4 is 5.91 Å². The number of carbonyl (C=O) groups is 1. The van der Waals surface area contributed by atoms with Gasteiger partial charge in [0.05, 0.1) is 5.69 Å². The van der Waals surface area contributed by atoms with Crippen LogP contribution in [0.5, 0.6) is 0 Å². The molecule has 0 aromatic carbocycles. The van der Waals surface area contributed by atoms with Crippen LogP contribution < -0.4 is 5.32 Å². The van der Waals surface area contributed by atoms with Crippen molar-refractivity contribution < 1.29 is 4.79 Å². The van der Waals surface area contributed by atoms with Crippen LogP contribution in [-0.2, 0) is 13.0 Å². The molecule has 2 aromatic heterocycles. The van der Waals surface area contributed by atoms with Crippen LogP contribution in [0.1, 0.15) is 28.9 Å². The lowest BCUT2D eigenvalue weighted by molar-refractivity contribution is 0.0943. The van der Waals surface area contributed by atoms with E-state index in [1.807, 2.05) is 13.8 Å². The Bertz CT molecular complexity index is 515. The fourth-order valence-electron chi connectivity index (χ4n) is 1.79. The summed E-state index contributed by atoms with van der Waals surface area (Å²) in [5.41, 5.74) is 1.46. The molecule has 2 aromatic rings. The number of hydrogen-bond acceptors (Lipinski definition) is 3. The summed E-state index contributed by atoms with van der Waals surface area (Å²) in [6.45, 7) is 5.09. The number of carbonyl (C=O) groups excluding carboxylic acids is 1. The Morgan fingerprint density at radius 1 is 1.56 bits per heavy atom. The van der Waals surface area contributed by atoms with Gasteiger partial charge in [0.2, 0.25) is 0 Å². The molecule has 0 spiro atoms. The van der Waals surface area contributed by atoms with Crippen molar-refractivity contribution in [2.45, 2.75) is 26.8 Å². The van der Waals surface area contributed by atoms with Gasteiger partial charge in [-0.15, -0.1) is 0 Å². The van der Waals surface area contributed by atoms with Gasteiger partial charge in [0.15, 0.2) is 0 Å². The molecule has 1 amide bonds. The first-order valence-corrected chi connectivity index (χ1v) is 6.01. The third-order valence-electron chi connectivity index (χ3n) is 2.64. The van der Waals surface area contributed by atoms with E-state index in [0.29, 0.717) is 25.2 Å². The van der Waals surface area contributed by atoms with E-state index in [0.717, 1.165) is 11.5 Å². The maximum Gasteiger partial charge on any atom is 0.269 e. The lowest BCUT2D eigenvalue weighted by atomic mass is 10.3. The molecule has 6 heteroatoms. The van der Waals surface area contributed by atoms with Crippen molar-refractivity contribution in [3.05, 3.63) is 35.7 Å². The van der Waals surface area contributed by atoms with Crippen molar-refractivity contribution in [2.24, 2.45) is 0 Å². The van der Waals surface area contributed by atoms with Crippen molar-refractivity contribution in [3.63, 3.8) is 0 Å². The normalized spacial score (nSPS) is 10.6. The number of imidazole rings is 1. The van der Waals surface area contributed by atoms with Gasteiger partial charge in [-0.3, -0.25) is 9.48 Å². The van der Waals surface area contributed by atoms with Crippen LogP contribution in [0.2, 0.25) is 0 Å². The highest BCUT2D eigenvalue weighted by Gasteiger charge is 2.12. The van der Waals surface area contributed by atoms with E-state index in [2.05, 4.69) is 20.4 Å². The molecule has 0 aliphatic rings. The number of nitrogens with one attached hydrogen (secondary N) is 2. The minimum atomic E-state index is -0.0935. The van der Waals surface area contributed by atoms with Gasteiger partial charge in [-0.25, -0.2) is 4.98 Å². The second-order valence-corrected chi connectivity index (χ2v) is 4.03. The molecule has 0 unspecified atom stereocenters. The summed E-state index contributed by atoms with van der Waals surface area (Å²) in [6, 6.07) is 1.80. The molecule has 0 aliphatic carbocycles. The van der Waals surface area contributed by atoms with Gasteiger partial charge in [0.1, 0.15) is 11.5 Å². The van der Waals surface area contributed by atoms with Crippen molar-refractivity contribution in [1.82, 2.24) is 25.1 Å². The Morgan fingerprint density at radius 2 is 2.39 bits per heavy atom. The number of aromatic amines is 1. The number of hydrogen-bond donors (Lipinski definition) is 2. The van der Waals surface area contributed by atoms with Gasteiger partial charge in [-0.1, -0.05) is 0 Å². The summed E-state index contributed by atoms with van der Waals surface area (Å²) in [6.07, 6.45) is 4.16. The molecule has 2 rings (SSSR count). The van der Waals surface area contributed by atoms with Gasteiger partial charge in [0.25, 0.3) is 5.91 Å². The molecule has 0 aliphatic heterocycles. The second-order valence-electron chi connectivity index (χ2n) is 4.03. The Balaban J connectivity index is 1.91. The zero-order valence-electron chi connectivity index (χ0n) is 10.6. The number of amides is 1. The number of aromatic nitrogens is 4. The van der Waals surface area contributed by atoms with Crippen molar-refractivity contribution in [1.29, 1.82) is 0 Å². The molecule has 2 N–H and O–H groups in total. The molecule has 96 valence electrons. The standard InChI is InChI=1S/C12H17N5O/c1-3-17-10(8-9(2)16-17)12(18)15-5-4-11-13-6-7-14-11/h6-8H,3-5H2,1-2H3,(H,13,14)(H,15,18). The molecule has 6 nitrogen and oxygen atoms in total. The summed E-state index contributed by atoms with van der Waals surface area (Å²) < 4.78 is 1.71. The summed E-state index contributed by atoms with van der Waals surface area (Å²) in [5.74, 6) is 0.777. The SMILES string of the molecule is CCn1nc(C)cc1C(=O)NCCc1ncc[nH]1. The predicted molar refractivity (Wildman–Crippen MR) is 67.3 cm³/mol. The average molecular weight is 247 g/mol. The van der Waals surface area contributed by atoms with Crippen LogP contribution in [0.4, 0.5) is 0 Å². The highest BCUT2D eigenvalue weighted by molar-refractivity contribution is 5.92. The Hall–Kier alpha value is -2.11. The number of rotatable bonds is 5. The fourth-order valence-corrected chi connectivity index (χ4v) is 1.79. The molecule has 2 heterocycles. The summed E-state index contributed by atoms with van der Waals surface area (Å²) in [7, 11) is 0. The first-order valence-electron chi connectivity index (χ1n) is 6.01. The monoisotopic (exact) mass is 247 g/mol. The zero-order valence-corrected chi connectivity index (χ0v) is 10.6. The third kappa shape index (κ3) is 2.77. The van der Waals surface area contributed by atoms with Crippen LogP contribution in [0, 0.1) is 6.92 Å². The zero-order chi connectivity index (χ0) is 13.0. The van der Waals surface area contributed by atoms with Crippen LogP contribution in [0.25, 0.3) is 0 Å². The van der Waals surface area contributed by atoms with Crippen LogP contribution in [-0.4, -0.2) is 32.2 Å². The lowest BCUT2D eigenvalue weighted by Gasteiger charge is -2.05. The number of nitrogens with zero attached hydrogens (tertiary/aromatic N) is 3. The van der Waals surface area contributed by atoms with E-state index >= 15 is 0 Å². The minimum Gasteiger partial charge on any atom is -0.350 e. The molecule has 0 radical (unpaired) electrons. The van der Waals surface area contributed by atoms with Gasteiger partial charge in [-0.2, -0.15) is 5.10 Å². The Labute approximate surface area is 105 Å². The van der Waals surface area contributed by atoms with E-state index in [-0.39, 0.29) is 5.91 Å². The number of aryl methyl sites for hydroxylation is 2. The second kappa shape index (κ2) is 5.48. The molecule has 0 fully saturated rings. The summed E-state index contributed by atoms with van der Waals surface area (Å²) >= 11 is 0. The largest absolute Gasteiger partial charge is 0.350 e. The summed E-state index contributed by atoms with van der Waals surface area (Å²) in [5, 5.41) is 7.11. The van der Waals surface area contributed by atoms with Gasteiger partial charge in [-0.05, 0) is 19.9 Å².